The topological polar surface area (TPSA) is 55.9 Å². The van der Waals surface area contributed by atoms with Gasteiger partial charge in [-0.2, -0.15) is 0 Å². The predicted molar refractivity (Wildman–Crippen MR) is 147 cm³/mol. The number of ketones is 1. The Balaban J connectivity index is 1.29. The third kappa shape index (κ3) is 5.35. The second kappa shape index (κ2) is 11.5. The van der Waals surface area contributed by atoms with Gasteiger partial charge in [0.25, 0.3) is 0 Å². The largest absolute Gasteiger partial charge is 0.339 e. The van der Waals surface area contributed by atoms with Gasteiger partial charge in [0.2, 0.25) is 5.91 Å². The molecule has 0 saturated carbocycles. The number of alkyl halides is 1. The van der Waals surface area contributed by atoms with Gasteiger partial charge in [0.15, 0.2) is 12.1 Å². The van der Waals surface area contributed by atoms with Gasteiger partial charge < -0.3 is 10.2 Å². The zero-order valence-corrected chi connectivity index (χ0v) is 21.8. The minimum absolute atomic E-state index is 0.0103. The summed E-state index contributed by atoms with van der Waals surface area (Å²) in [5.74, 6) is -0.0679. The number of amides is 1. The van der Waals surface area contributed by atoms with Crippen molar-refractivity contribution < 1.29 is 14.0 Å². The molecule has 2 unspecified atom stereocenters. The van der Waals surface area contributed by atoms with E-state index in [-0.39, 0.29) is 18.1 Å². The van der Waals surface area contributed by atoms with Crippen LogP contribution in [0.4, 0.5) is 10.1 Å². The zero-order chi connectivity index (χ0) is 26.5. The number of rotatable bonds is 9. The number of benzene rings is 3. The van der Waals surface area contributed by atoms with Crippen molar-refractivity contribution in [3.05, 3.63) is 102 Å². The number of likely N-dealkylation sites (N-methyl/N-ethyl adjacent to an activating group) is 1. The van der Waals surface area contributed by atoms with Gasteiger partial charge in [-0.15, -0.1) is 0 Å². The third-order valence-corrected chi connectivity index (χ3v) is 8.01. The second-order valence-electron chi connectivity index (χ2n) is 10.3. The molecule has 5 rings (SSSR count). The summed E-state index contributed by atoms with van der Waals surface area (Å²) in [6, 6.07) is 28.4. The van der Waals surface area contributed by atoms with Gasteiger partial charge in [0, 0.05) is 37.3 Å². The van der Waals surface area contributed by atoms with E-state index < -0.39 is 17.9 Å². The molecule has 2 fully saturated rings. The molecule has 1 N–H and O–H groups in total. The maximum absolute atomic E-state index is 15.9. The molecule has 1 amide bonds. The third-order valence-electron chi connectivity index (χ3n) is 8.01. The molecule has 0 aromatic heterocycles. The van der Waals surface area contributed by atoms with Crippen LogP contribution in [0.2, 0.25) is 0 Å². The Hall–Kier alpha value is -3.55. The van der Waals surface area contributed by atoms with E-state index in [4.69, 9.17) is 0 Å². The molecule has 198 valence electrons. The number of hydrogen-bond acceptors (Lipinski definition) is 5. The van der Waals surface area contributed by atoms with Crippen LogP contribution < -0.4 is 10.2 Å². The van der Waals surface area contributed by atoms with Crippen molar-refractivity contribution in [2.24, 2.45) is 0 Å². The molecular weight excluding hydrogens is 479 g/mol. The van der Waals surface area contributed by atoms with Crippen molar-refractivity contribution >= 4 is 17.4 Å². The fourth-order valence-electron chi connectivity index (χ4n) is 5.80. The van der Waals surface area contributed by atoms with Gasteiger partial charge in [0.1, 0.15) is 5.54 Å². The first-order valence-corrected chi connectivity index (χ1v) is 13.3. The van der Waals surface area contributed by atoms with Gasteiger partial charge in [-0.3, -0.25) is 19.4 Å². The first-order chi connectivity index (χ1) is 18.5. The molecule has 0 aliphatic carbocycles. The highest BCUT2D eigenvalue weighted by atomic mass is 19.1. The van der Waals surface area contributed by atoms with E-state index in [1.54, 1.807) is 17.0 Å². The van der Waals surface area contributed by atoms with Crippen molar-refractivity contribution in [3.8, 4) is 0 Å². The fourth-order valence-corrected chi connectivity index (χ4v) is 5.80. The van der Waals surface area contributed by atoms with E-state index in [1.807, 2.05) is 90.8 Å². The Labute approximate surface area is 224 Å². The van der Waals surface area contributed by atoms with Crippen LogP contribution in [0.15, 0.2) is 91.0 Å². The lowest BCUT2D eigenvalue weighted by Crippen LogP contribution is -2.58. The number of nitrogens with zero attached hydrogens (tertiary/aromatic N) is 3. The lowest BCUT2D eigenvalue weighted by atomic mass is 9.85. The number of anilines is 1. The summed E-state index contributed by atoms with van der Waals surface area (Å²) in [7, 11) is 1.89. The lowest BCUT2D eigenvalue weighted by Gasteiger charge is -2.44. The summed E-state index contributed by atoms with van der Waals surface area (Å²) in [6.07, 6.45) is -0.159. The maximum Gasteiger partial charge on any atom is 0.247 e. The molecule has 2 aliphatic rings. The van der Waals surface area contributed by atoms with Crippen LogP contribution in [-0.2, 0) is 11.3 Å². The minimum atomic E-state index is -1.29. The highest BCUT2D eigenvalue weighted by molar-refractivity contribution is 6.00. The summed E-state index contributed by atoms with van der Waals surface area (Å²) in [5, 5.41) is 3.00. The Morgan fingerprint density at radius 1 is 0.947 bits per heavy atom. The molecule has 38 heavy (non-hydrogen) atoms. The van der Waals surface area contributed by atoms with Crippen molar-refractivity contribution in [2.75, 3.05) is 31.7 Å². The zero-order valence-electron chi connectivity index (χ0n) is 21.8. The molecule has 3 aromatic rings. The van der Waals surface area contributed by atoms with E-state index in [2.05, 4.69) is 10.2 Å². The molecule has 2 heterocycles. The summed E-state index contributed by atoms with van der Waals surface area (Å²) in [4.78, 5) is 32.4. The van der Waals surface area contributed by atoms with Crippen LogP contribution in [-0.4, -0.2) is 66.2 Å². The molecule has 2 aliphatic heterocycles. The molecule has 1 spiro atoms. The first-order valence-electron chi connectivity index (χ1n) is 13.3. The molecule has 7 heteroatoms. The molecule has 2 atom stereocenters. The molecular formula is C31H35FN4O2. The van der Waals surface area contributed by atoms with Crippen molar-refractivity contribution in [2.45, 2.75) is 43.7 Å². The quantitative estimate of drug-likeness (QED) is 0.337. The average molecular weight is 515 g/mol. The number of nitrogens with one attached hydrogen (secondary N) is 1. The Morgan fingerprint density at radius 3 is 2.16 bits per heavy atom. The normalized spacial score (nSPS) is 18.9. The van der Waals surface area contributed by atoms with Crippen LogP contribution in [0.25, 0.3) is 0 Å². The number of carbonyl (C=O) groups excluding carboxylic acids is 2. The SMILES string of the molecule is CN(Cc1ccccc1)C(CC(F)N1CCC2(CC1)C(=O)NCN2c1ccccc1)C(=O)c1ccccc1. The van der Waals surface area contributed by atoms with Crippen LogP contribution >= 0.6 is 0 Å². The maximum atomic E-state index is 15.9. The van der Waals surface area contributed by atoms with Crippen LogP contribution in [0.3, 0.4) is 0 Å². The summed E-state index contributed by atoms with van der Waals surface area (Å²) in [6.45, 7) is 1.91. The number of halogens is 1. The Kier molecular flexibility index (Phi) is 7.86. The number of carbonyl (C=O) groups is 2. The van der Waals surface area contributed by atoms with Gasteiger partial charge in [-0.25, -0.2) is 4.39 Å². The number of piperidine rings is 1. The Morgan fingerprint density at radius 2 is 1.53 bits per heavy atom. The van der Waals surface area contributed by atoms with Gasteiger partial charge in [-0.1, -0.05) is 78.9 Å². The van der Waals surface area contributed by atoms with E-state index >= 15 is 4.39 Å². The standard InChI is InChI=1S/C31H35FN4O2/c1-34(22-24-11-5-2-6-12-24)27(29(37)25-13-7-3-8-14-25)21-28(32)35-19-17-31(18-20-35)30(38)33-23-36(31)26-15-9-4-10-16-26/h2-16,27-28H,17-23H2,1H3,(H,33,38). The van der Waals surface area contributed by atoms with E-state index in [9.17, 15) is 9.59 Å². The fraction of sp³-hybridized carbons (Fsp3) is 0.355. The Bertz CT molecular complexity index is 1220. The van der Waals surface area contributed by atoms with E-state index in [1.165, 1.54) is 0 Å². The van der Waals surface area contributed by atoms with Gasteiger partial charge in [-0.05, 0) is 37.6 Å². The van der Waals surface area contributed by atoms with Crippen LogP contribution in [0.5, 0.6) is 0 Å². The second-order valence-corrected chi connectivity index (χ2v) is 10.3. The smallest absolute Gasteiger partial charge is 0.247 e. The predicted octanol–water partition coefficient (Wildman–Crippen LogP) is 4.48. The lowest BCUT2D eigenvalue weighted by molar-refractivity contribution is -0.125. The van der Waals surface area contributed by atoms with Gasteiger partial charge >= 0.3 is 0 Å². The number of Topliss-reactive ketones (excluding diaryl/α,β-unsaturated/α-hetero) is 1. The molecule has 0 bridgehead atoms. The van der Waals surface area contributed by atoms with Crippen LogP contribution in [0.1, 0.15) is 35.2 Å². The van der Waals surface area contributed by atoms with Gasteiger partial charge in [0.05, 0.1) is 12.7 Å². The van der Waals surface area contributed by atoms with Crippen molar-refractivity contribution in [1.29, 1.82) is 0 Å². The highest BCUT2D eigenvalue weighted by Gasteiger charge is 2.51. The van der Waals surface area contributed by atoms with Crippen molar-refractivity contribution in [3.63, 3.8) is 0 Å². The number of para-hydroxylation sites is 1. The van der Waals surface area contributed by atoms with Crippen LogP contribution in [0, 0.1) is 0 Å². The summed E-state index contributed by atoms with van der Waals surface area (Å²) < 4.78 is 15.9. The highest BCUT2D eigenvalue weighted by Crippen LogP contribution is 2.37. The monoisotopic (exact) mass is 514 g/mol. The molecule has 6 nitrogen and oxygen atoms in total. The number of hydrogen-bond donors (Lipinski definition) is 1. The average Bonchev–Trinajstić information content (AvgIpc) is 3.27. The summed E-state index contributed by atoms with van der Waals surface area (Å²) in [5.41, 5.74) is 1.99. The van der Waals surface area contributed by atoms with E-state index in [0.717, 1.165) is 11.3 Å². The van der Waals surface area contributed by atoms with Crippen molar-refractivity contribution in [1.82, 2.24) is 15.1 Å². The molecule has 3 aromatic carbocycles. The first kappa shape index (κ1) is 26.1. The molecule has 0 radical (unpaired) electrons. The minimum Gasteiger partial charge on any atom is -0.339 e. The van der Waals surface area contributed by atoms with E-state index in [0.29, 0.717) is 44.7 Å². The molecule has 2 saturated heterocycles. The summed E-state index contributed by atoms with van der Waals surface area (Å²) >= 11 is 0. The number of likely N-dealkylation sites (tertiary alicyclic amines) is 1.